The van der Waals surface area contributed by atoms with Gasteiger partial charge in [0, 0.05) is 6.54 Å². The Kier molecular flexibility index (Phi) is 5.35. The van der Waals surface area contributed by atoms with Gasteiger partial charge in [0.2, 0.25) is 10.0 Å². The first-order chi connectivity index (χ1) is 10.5. The van der Waals surface area contributed by atoms with E-state index in [0.717, 1.165) is 11.3 Å². The van der Waals surface area contributed by atoms with Crippen LogP contribution in [0.2, 0.25) is 0 Å². The van der Waals surface area contributed by atoms with Crippen molar-refractivity contribution in [1.82, 2.24) is 4.72 Å². The second-order valence-corrected chi connectivity index (χ2v) is 6.97. The SMILES string of the molecule is COC(=O)c1sccc1S(=O)(=O)NCC[C@H](O)c1ccco1. The molecule has 0 unspecified atom stereocenters. The van der Waals surface area contributed by atoms with Crippen LogP contribution in [0.15, 0.2) is 39.2 Å². The molecule has 0 amide bonds. The summed E-state index contributed by atoms with van der Waals surface area (Å²) in [5, 5.41) is 11.3. The Morgan fingerprint density at radius 3 is 2.91 bits per heavy atom. The summed E-state index contributed by atoms with van der Waals surface area (Å²) in [5.41, 5.74) is 0. The van der Waals surface area contributed by atoms with Crippen molar-refractivity contribution in [3.05, 3.63) is 40.5 Å². The highest BCUT2D eigenvalue weighted by Gasteiger charge is 2.24. The quantitative estimate of drug-likeness (QED) is 0.737. The highest BCUT2D eigenvalue weighted by Crippen LogP contribution is 2.23. The first-order valence-corrected chi connectivity index (χ1v) is 8.69. The zero-order valence-corrected chi connectivity index (χ0v) is 13.3. The van der Waals surface area contributed by atoms with Gasteiger partial charge in [0.1, 0.15) is 21.6 Å². The van der Waals surface area contributed by atoms with Gasteiger partial charge in [-0.2, -0.15) is 0 Å². The number of sulfonamides is 1. The largest absolute Gasteiger partial charge is 0.467 e. The Hall–Kier alpha value is -1.68. The molecule has 0 aromatic carbocycles. The Bertz CT molecular complexity index is 720. The van der Waals surface area contributed by atoms with Crippen LogP contribution in [0, 0.1) is 0 Å². The first-order valence-electron chi connectivity index (χ1n) is 6.32. The maximum absolute atomic E-state index is 12.2. The van der Waals surface area contributed by atoms with E-state index in [9.17, 15) is 18.3 Å². The lowest BCUT2D eigenvalue weighted by atomic mass is 10.2. The number of ether oxygens (including phenoxy) is 1. The van der Waals surface area contributed by atoms with Gasteiger partial charge in [-0.15, -0.1) is 11.3 Å². The summed E-state index contributed by atoms with van der Waals surface area (Å²) in [5.74, 6) is -0.337. The number of thiophene rings is 1. The molecule has 2 rings (SSSR count). The Labute approximate surface area is 131 Å². The van der Waals surface area contributed by atoms with Crippen molar-refractivity contribution in [2.24, 2.45) is 0 Å². The number of methoxy groups -OCH3 is 1. The summed E-state index contributed by atoms with van der Waals surface area (Å²) in [4.78, 5) is 11.4. The molecule has 0 radical (unpaired) electrons. The van der Waals surface area contributed by atoms with Crippen LogP contribution < -0.4 is 4.72 Å². The molecule has 0 bridgehead atoms. The molecular formula is C13H15NO6S2. The molecule has 2 heterocycles. The van der Waals surface area contributed by atoms with Gasteiger partial charge in [-0.3, -0.25) is 0 Å². The van der Waals surface area contributed by atoms with Crippen LogP contribution in [-0.4, -0.2) is 33.1 Å². The van der Waals surface area contributed by atoms with Crippen molar-refractivity contribution < 1.29 is 27.5 Å². The van der Waals surface area contributed by atoms with Crippen LogP contribution >= 0.6 is 11.3 Å². The highest BCUT2D eigenvalue weighted by atomic mass is 32.2. The molecule has 120 valence electrons. The van der Waals surface area contributed by atoms with Gasteiger partial charge in [0.15, 0.2) is 0 Å². The minimum Gasteiger partial charge on any atom is -0.467 e. The molecule has 2 N–H and O–H groups in total. The average Bonchev–Trinajstić information content (AvgIpc) is 3.17. The lowest BCUT2D eigenvalue weighted by Crippen LogP contribution is -2.26. The number of aliphatic hydroxyl groups is 1. The Morgan fingerprint density at radius 2 is 2.27 bits per heavy atom. The number of hydrogen-bond donors (Lipinski definition) is 2. The Morgan fingerprint density at radius 1 is 1.50 bits per heavy atom. The van der Waals surface area contributed by atoms with Gasteiger partial charge in [-0.25, -0.2) is 17.9 Å². The number of aliphatic hydroxyl groups excluding tert-OH is 1. The molecule has 22 heavy (non-hydrogen) atoms. The van der Waals surface area contributed by atoms with E-state index in [1.807, 2.05) is 0 Å². The maximum Gasteiger partial charge on any atom is 0.349 e. The van der Waals surface area contributed by atoms with Gasteiger partial charge >= 0.3 is 5.97 Å². The normalized spacial score (nSPS) is 13.0. The predicted octanol–water partition coefficient (Wildman–Crippen LogP) is 1.53. The predicted molar refractivity (Wildman–Crippen MR) is 79.1 cm³/mol. The fourth-order valence-electron chi connectivity index (χ4n) is 1.78. The number of furan rings is 1. The van der Waals surface area contributed by atoms with Crippen molar-refractivity contribution in [2.45, 2.75) is 17.4 Å². The molecule has 9 heteroatoms. The van der Waals surface area contributed by atoms with Crippen LogP contribution in [0.5, 0.6) is 0 Å². The standard InChI is InChI=1S/C13H15NO6S2/c1-19-13(16)12-11(5-8-21-12)22(17,18)14-6-4-9(15)10-3-2-7-20-10/h2-3,5,7-9,14-15H,4,6H2,1H3/t9-/m0/s1. The maximum atomic E-state index is 12.2. The summed E-state index contributed by atoms with van der Waals surface area (Å²) in [7, 11) is -2.66. The number of carbonyl (C=O) groups excluding carboxylic acids is 1. The van der Waals surface area contributed by atoms with Gasteiger partial charge in [0.25, 0.3) is 0 Å². The zero-order chi connectivity index (χ0) is 16.2. The van der Waals surface area contributed by atoms with Crippen molar-refractivity contribution in [3.63, 3.8) is 0 Å². The van der Waals surface area contributed by atoms with Crippen molar-refractivity contribution in [1.29, 1.82) is 0 Å². The van der Waals surface area contributed by atoms with Gasteiger partial charge in [-0.1, -0.05) is 0 Å². The van der Waals surface area contributed by atoms with E-state index in [2.05, 4.69) is 9.46 Å². The molecule has 0 saturated carbocycles. The van der Waals surface area contributed by atoms with E-state index in [1.165, 1.54) is 24.8 Å². The van der Waals surface area contributed by atoms with E-state index in [0.29, 0.717) is 5.76 Å². The van der Waals surface area contributed by atoms with E-state index in [4.69, 9.17) is 4.42 Å². The van der Waals surface area contributed by atoms with Gasteiger partial charge < -0.3 is 14.3 Å². The molecule has 7 nitrogen and oxygen atoms in total. The van der Waals surface area contributed by atoms with Gasteiger partial charge in [0.05, 0.1) is 13.4 Å². The molecule has 0 saturated heterocycles. The average molecular weight is 345 g/mol. The fourth-order valence-corrected chi connectivity index (χ4v) is 4.16. The summed E-state index contributed by atoms with van der Waals surface area (Å²) >= 11 is 0.989. The monoisotopic (exact) mass is 345 g/mol. The first kappa shape index (κ1) is 16.7. The summed E-state index contributed by atoms with van der Waals surface area (Å²) in [6, 6.07) is 4.58. The van der Waals surface area contributed by atoms with E-state index >= 15 is 0 Å². The van der Waals surface area contributed by atoms with Crippen LogP contribution in [0.3, 0.4) is 0 Å². The number of esters is 1. The number of carbonyl (C=O) groups is 1. The van der Waals surface area contributed by atoms with Crippen molar-refractivity contribution in [3.8, 4) is 0 Å². The molecular weight excluding hydrogens is 330 g/mol. The zero-order valence-electron chi connectivity index (χ0n) is 11.7. The van der Waals surface area contributed by atoms with E-state index < -0.39 is 22.1 Å². The second kappa shape index (κ2) is 7.05. The molecule has 0 spiro atoms. The minimum absolute atomic E-state index is 0.000654. The van der Waals surface area contributed by atoms with Gasteiger partial charge in [-0.05, 0) is 30.0 Å². The third-order valence-electron chi connectivity index (χ3n) is 2.87. The fraction of sp³-hybridized carbons (Fsp3) is 0.308. The van der Waals surface area contributed by atoms with Crippen LogP contribution in [-0.2, 0) is 14.8 Å². The summed E-state index contributed by atoms with van der Waals surface area (Å²) in [6.07, 6.45) is 0.668. The second-order valence-electron chi connectivity index (χ2n) is 4.32. The lowest BCUT2D eigenvalue weighted by Gasteiger charge is -2.09. The molecule has 0 aliphatic carbocycles. The topological polar surface area (TPSA) is 106 Å². The smallest absolute Gasteiger partial charge is 0.349 e. The van der Waals surface area contributed by atoms with Crippen molar-refractivity contribution in [2.75, 3.05) is 13.7 Å². The van der Waals surface area contributed by atoms with Crippen molar-refractivity contribution >= 4 is 27.3 Å². The molecule has 0 fully saturated rings. The van der Waals surface area contributed by atoms with Crippen LogP contribution in [0.25, 0.3) is 0 Å². The molecule has 2 aromatic rings. The van der Waals surface area contributed by atoms with Crippen LogP contribution in [0.1, 0.15) is 28.0 Å². The van der Waals surface area contributed by atoms with Crippen LogP contribution in [0.4, 0.5) is 0 Å². The number of nitrogens with one attached hydrogen (secondary N) is 1. The minimum atomic E-state index is -3.85. The molecule has 1 atom stereocenters. The summed E-state index contributed by atoms with van der Waals surface area (Å²) in [6.45, 7) is 0.000654. The number of rotatable bonds is 7. The third kappa shape index (κ3) is 3.74. The molecule has 2 aromatic heterocycles. The number of hydrogen-bond acceptors (Lipinski definition) is 7. The Balaban J connectivity index is 2.00. The third-order valence-corrected chi connectivity index (χ3v) is 5.40. The summed E-state index contributed by atoms with van der Waals surface area (Å²) < 4.78 is 36.3. The highest BCUT2D eigenvalue weighted by molar-refractivity contribution is 7.89. The molecule has 0 aliphatic rings. The lowest BCUT2D eigenvalue weighted by molar-refractivity contribution is 0.0602. The molecule has 0 aliphatic heterocycles. The van der Waals surface area contributed by atoms with E-state index in [1.54, 1.807) is 12.1 Å². The van der Waals surface area contributed by atoms with E-state index in [-0.39, 0.29) is 22.7 Å².